The number of benzene rings is 1. The SMILES string of the molecule is O=C(c1cnccn1)N(CC1CCN(C2Cc3ccccc3C2)CC1)C[C@@H]1CCCO1. The van der Waals surface area contributed by atoms with Crippen molar-refractivity contribution in [2.75, 3.05) is 32.8 Å². The van der Waals surface area contributed by atoms with E-state index in [0.717, 1.165) is 51.9 Å². The van der Waals surface area contributed by atoms with Crippen molar-refractivity contribution in [1.29, 1.82) is 0 Å². The molecule has 31 heavy (non-hydrogen) atoms. The molecule has 1 atom stereocenters. The summed E-state index contributed by atoms with van der Waals surface area (Å²) < 4.78 is 5.84. The molecule has 0 unspecified atom stereocenters. The number of fused-ring (bicyclic) bond motifs is 1. The van der Waals surface area contributed by atoms with Gasteiger partial charge in [-0.2, -0.15) is 0 Å². The molecule has 1 aromatic carbocycles. The number of rotatable bonds is 6. The Labute approximate surface area is 184 Å². The van der Waals surface area contributed by atoms with E-state index in [1.54, 1.807) is 18.6 Å². The van der Waals surface area contributed by atoms with Crippen molar-refractivity contribution in [3.8, 4) is 0 Å². The van der Waals surface area contributed by atoms with Gasteiger partial charge in [-0.15, -0.1) is 0 Å². The molecule has 0 saturated carbocycles. The maximum atomic E-state index is 13.2. The van der Waals surface area contributed by atoms with E-state index < -0.39 is 0 Å². The van der Waals surface area contributed by atoms with Crippen molar-refractivity contribution in [2.24, 2.45) is 5.92 Å². The fourth-order valence-electron chi connectivity index (χ4n) is 5.45. The first-order valence-corrected chi connectivity index (χ1v) is 11.7. The zero-order chi connectivity index (χ0) is 21.0. The van der Waals surface area contributed by atoms with Crippen LogP contribution in [0.2, 0.25) is 0 Å². The number of nitrogens with zero attached hydrogens (tertiary/aromatic N) is 4. The topological polar surface area (TPSA) is 58.6 Å². The Morgan fingerprint density at radius 3 is 2.48 bits per heavy atom. The maximum absolute atomic E-state index is 13.2. The van der Waals surface area contributed by atoms with Crippen LogP contribution in [0.25, 0.3) is 0 Å². The van der Waals surface area contributed by atoms with Crippen LogP contribution in [0.5, 0.6) is 0 Å². The lowest BCUT2D eigenvalue weighted by molar-refractivity contribution is 0.0425. The van der Waals surface area contributed by atoms with Crippen LogP contribution in [0.1, 0.15) is 47.3 Å². The third kappa shape index (κ3) is 4.80. The molecule has 6 heteroatoms. The van der Waals surface area contributed by atoms with Crippen LogP contribution >= 0.6 is 0 Å². The van der Waals surface area contributed by atoms with Gasteiger partial charge in [-0.05, 0) is 68.7 Å². The van der Waals surface area contributed by atoms with Crippen LogP contribution in [-0.2, 0) is 17.6 Å². The molecule has 6 nitrogen and oxygen atoms in total. The molecule has 1 aromatic heterocycles. The maximum Gasteiger partial charge on any atom is 0.274 e. The normalized spacial score (nSPS) is 22.5. The van der Waals surface area contributed by atoms with Gasteiger partial charge in [0.15, 0.2) is 0 Å². The number of carbonyl (C=O) groups is 1. The monoisotopic (exact) mass is 420 g/mol. The van der Waals surface area contributed by atoms with Gasteiger partial charge < -0.3 is 9.64 Å². The van der Waals surface area contributed by atoms with E-state index in [1.165, 1.54) is 24.0 Å². The summed E-state index contributed by atoms with van der Waals surface area (Å²) in [4.78, 5) is 26.2. The number of likely N-dealkylation sites (tertiary alicyclic amines) is 1. The predicted octanol–water partition coefficient (Wildman–Crippen LogP) is 2.98. The molecule has 3 aliphatic rings. The highest BCUT2D eigenvalue weighted by molar-refractivity contribution is 5.92. The minimum Gasteiger partial charge on any atom is -0.376 e. The first-order valence-electron chi connectivity index (χ1n) is 11.7. The molecule has 164 valence electrons. The van der Waals surface area contributed by atoms with E-state index in [1.807, 2.05) is 4.90 Å². The van der Waals surface area contributed by atoms with Gasteiger partial charge in [0.2, 0.25) is 0 Å². The summed E-state index contributed by atoms with van der Waals surface area (Å²) in [5.41, 5.74) is 3.47. The zero-order valence-electron chi connectivity index (χ0n) is 18.2. The minimum atomic E-state index is -0.0164. The van der Waals surface area contributed by atoms with Crippen LogP contribution in [0, 0.1) is 5.92 Å². The van der Waals surface area contributed by atoms with Gasteiger partial charge in [-0.1, -0.05) is 24.3 Å². The second kappa shape index (κ2) is 9.45. The lowest BCUT2D eigenvalue weighted by Gasteiger charge is -2.38. The Morgan fingerprint density at radius 1 is 1.06 bits per heavy atom. The van der Waals surface area contributed by atoms with E-state index in [-0.39, 0.29) is 12.0 Å². The van der Waals surface area contributed by atoms with E-state index in [4.69, 9.17) is 4.74 Å². The fourth-order valence-corrected chi connectivity index (χ4v) is 5.45. The standard InChI is InChI=1S/C25H32N4O2/c30-25(24-16-26-9-10-27-24)29(18-23-6-3-13-31-23)17-19-7-11-28(12-8-19)22-14-20-4-1-2-5-21(20)15-22/h1-2,4-5,9-10,16,19,22-23H,3,6-8,11-15,17-18H2/t23-/m0/s1. The molecule has 0 spiro atoms. The molecule has 0 radical (unpaired) electrons. The number of aromatic nitrogens is 2. The second-order valence-corrected chi connectivity index (χ2v) is 9.25. The average Bonchev–Trinajstić information content (AvgIpc) is 3.49. The largest absolute Gasteiger partial charge is 0.376 e. The van der Waals surface area contributed by atoms with E-state index >= 15 is 0 Å². The summed E-state index contributed by atoms with van der Waals surface area (Å²) in [6, 6.07) is 9.52. The Hall–Kier alpha value is -2.31. The number of amides is 1. The number of hydrogen-bond acceptors (Lipinski definition) is 5. The first-order chi connectivity index (χ1) is 15.3. The quantitative estimate of drug-likeness (QED) is 0.719. The Balaban J connectivity index is 1.19. The van der Waals surface area contributed by atoms with Crippen LogP contribution in [0.4, 0.5) is 0 Å². The summed E-state index contributed by atoms with van der Waals surface area (Å²) >= 11 is 0. The summed E-state index contributed by atoms with van der Waals surface area (Å²) in [5, 5.41) is 0. The third-order valence-electron chi connectivity index (χ3n) is 7.19. The smallest absolute Gasteiger partial charge is 0.274 e. The molecule has 2 saturated heterocycles. The Morgan fingerprint density at radius 2 is 1.84 bits per heavy atom. The zero-order valence-corrected chi connectivity index (χ0v) is 18.2. The molecular formula is C25H32N4O2. The van der Waals surface area contributed by atoms with Crippen LogP contribution in [0.15, 0.2) is 42.9 Å². The number of hydrogen-bond donors (Lipinski definition) is 0. The number of piperidine rings is 1. The van der Waals surface area contributed by atoms with Crippen molar-refractivity contribution in [2.45, 2.75) is 50.7 Å². The molecule has 3 heterocycles. The molecule has 2 aliphatic heterocycles. The molecule has 1 amide bonds. The summed E-state index contributed by atoms with van der Waals surface area (Å²) in [5.74, 6) is 0.513. The minimum absolute atomic E-state index is 0.0164. The van der Waals surface area contributed by atoms with Gasteiger partial charge in [0, 0.05) is 38.1 Å². The Bertz CT molecular complexity index is 851. The van der Waals surface area contributed by atoms with Crippen molar-refractivity contribution in [1.82, 2.24) is 19.8 Å². The Kier molecular flexibility index (Phi) is 6.27. The van der Waals surface area contributed by atoms with Crippen molar-refractivity contribution >= 4 is 5.91 Å². The summed E-state index contributed by atoms with van der Waals surface area (Å²) in [7, 11) is 0. The van der Waals surface area contributed by atoms with Crippen molar-refractivity contribution in [3.05, 3.63) is 59.7 Å². The summed E-state index contributed by atoms with van der Waals surface area (Å²) in [6.45, 7) is 4.49. The molecular weight excluding hydrogens is 388 g/mol. The van der Waals surface area contributed by atoms with E-state index in [9.17, 15) is 4.79 Å². The van der Waals surface area contributed by atoms with Crippen molar-refractivity contribution in [3.63, 3.8) is 0 Å². The van der Waals surface area contributed by atoms with Gasteiger partial charge in [0.1, 0.15) is 5.69 Å². The van der Waals surface area contributed by atoms with Gasteiger partial charge >= 0.3 is 0 Å². The number of ether oxygens (including phenoxy) is 1. The van der Waals surface area contributed by atoms with E-state index in [0.29, 0.717) is 24.2 Å². The number of carbonyl (C=O) groups excluding carboxylic acids is 1. The molecule has 2 aromatic rings. The highest BCUT2D eigenvalue weighted by Crippen LogP contribution is 2.29. The average molecular weight is 421 g/mol. The van der Waals surface area contributed by atoms with Gasteiger partial charge in [-0.25, -0.2) is 4.98 Å². The van der Waals surface area contributed by atoms with Crippen LogP contribution < -0.4 is 0 Å². The fraction of sp³-hybridized carbons (Fsp3) is 0.560. The van der Waals surface area contributed by atoms with E-state index in [2.05, 4.69) is 39.1 Å². The van der Waals surface area contributed by atoms with Crippen LogP contribution in [0.3, 0.4) is 0 Å². The van der Waals surface area contributed by atoms with Gasteiger partial charge in [0.05, 0.1) is 12.3 Å². The molecule has 5 rings (SSSR count). The molecule has 0 N–H and O–H groups in total. The highest BCUT2D eigenvalue weighted by Gasteiger charge is 2.32. The second-order valence-electron chi connectivity index (χ2n) is 9.25. The lowest BCUT2D eigenvalue weighted by Crippen LogP contribution is -2.46. The third-order valence-corrected chi connectivity index (χ3v) is 7.19. The molecule has 2 fully saturated rings. The predicted molar refractivity (Wildman–Crippen MR) is 119 cm³/mol. The first kappa shape index (κ1) is 20.6. The highest BCUT2D eigenvalue weighted by atomic mass is 16.5. The van der Waals surface area contributed by atoms with Gasteiger partial charge in [-0.3, -0.25) is 14.7 Å². The summed E-state index contributed by atoms with van der Waals surface area (Å²) in [6.07, 6.45) is 11.7. The molecule has 0 bridgehead atoms. The van der Waals surface area contributed by atoms with Crippen molar-refractivity contribution < 1.29 is 9.53 Å². The molecule has 1 aliphatic carbocycles. The van der Waals surface area contributed by atoms with Gasteiger partial charge in [0.25, 0.3) is 5.91 Å². The lowest BCUT2D eigenvalue weighted by atomic mass is 9.94. The van der Waals surface area contributed by atoms with Crippen LogP contribution in [-0.4, -0.2) is 70.6 Å².